The van der Waals surface area contributed by atoms with Crippen molar-refractivity contribution in [1.29, 1.82) is 0 Å². The zero-order chi connectivity index (χ0) is 21.1. The van der Waals surface area contributed by atoms with Crippen molar-refractivity contribution in [3.05, 3.63) is 39.8 Å². The maximum atomic E-state index is 5.92. The standard InChI is InChI=1S/C21H33N5O2S/c1-6-26(7-2)10-11-28-18-9-8-17(12-19(18)27-5)14-24-21(22-4)25-15-20-23-13-16(3)29-20/h8-9,12-13H,6-7,10-11,14-15H2,1-5H3,(H2,22,24,25). The fourth-order valence-corrected chi connectivity index (χ4v) is 3.54. The van der Waals surface area contributed by atoms with E-state index in [1.54, 1.807) is 25.5 Å². The SMILES string of the molecule is CCN(CC)CCOc1ccc(CNC(=NC)NCc2ncc(C)s2)cc1OC. The van der Waals surface area contributed by atoms with Gasteiger partial charge in [0.1, 0.15) is 11.6 Å². The third-order valence-electron chi connectivity index (χ3n) is 4.55. The van der Waals surface area contributed by atoms with Crippen LogP contribution in [0, 0.1) is 6.92 Å². The van der Waals surface area contributed by atoms with Crippen LogP contribution in [0.5, 0.6) is 11.5 Å². The molecule has 1 aromatic carbocycles. The monoisotopic (exact) mass is 419 g/mol. The molecule has 0 aliphatic rings. The quantitative estimate of drug-likeness (QED) is 0.431. The molecule has 0 fully saturated rings. The molecule has 7 nitrogen and oxygen atoms in total. The smallest absolute Gasteiger partial charge is 0.191 e. The largest absolute Gasteiger partial charge is 0.493 e. The summed E-state index contributed by atoms with van der Waals surface area (Å²) in [5, 5.41) is 7.64. The first-order valence-electron chi connectivity index (χ1n) is 9.97. The van der Waals surface area contributed by atoms with Gasteiger partial charge in [0, 0.05) is 31.2 Å². The molecule has 0 saturated heterocycles. The number of benzene rings is 1. The number of nitrogens with zero attached hydrogens (tertiary/aromatic N) is 3. The molecule has 0 unspecified atom stereocenters. The zero-order valence-electron chi connectivity index (χ0n) is 18.1. The van der Waals surface area contributed by atoms with Crippen LogP contribution in [-0.2, 0) is 13.1 Å². The molecule has 1 aromatic heterocycles. The normalized spacial score (nSPS) is 11.6. The third kappa shape index (κ3) is 7.55. The van der Waals surface area contributed by atoms with Crippen LogP contribution in [0.25, 0.3) is 0 Å². The number of ether oxygens (including phenoxy) is 2. The molecule has 0 aliphatic heterocycles. The van der Waals surface area contributed by atoms with E-state index in [4.69, 9.17) is 9.47 Å². The Morgan fingerprint density at radius 2 is 1.93 bits per heavy atom. The number of nitrogens with one attached hydrogen (secondary N) is 2. The second kappa shape index (κ2) is 12.3. The van der Waals surface area contributed by atoms with E-state index in [0.717, 1.165) is 47.7 Å². The van der Waals surface area contributed by atoms with Crippen LogP contribution in [-0.4, -0.2) is 56.2 Å². The van der Waals surface area contributed by atoms with Gasteiger partial charge in [-0.1, -0.05) is 19.9 Å². The van der Waals surface area contributed by atoms with E-state index < -0.39 is 0 Å². The molecule has 0 radical (unpaired) electrons. The first-order chi connectivity index (χ1) is 14.1. The summed E-state index contributed by atoms with van der Waals surface area (Å²) >= 11 is 1.68. The molecule has 0 atom stereocenters. The Kier molecular flexibility index (Phi) is 9.73. The average Bonchev–Trinajstić information content (AvgIpc) is 3.17. The van der Waals surface area contributed by atoms with Crippen LogP contribution < -0.4 is 20.1 Å². The fourth-order valence-electron chi connectivity index (χ4n) is 2.81. The predicted octanol–water partition coefficient (Wildman–Crippen LogP) is 3.05. The van der Waals surface area contributed by atoms with E-state index in [1.165, 1.54) is 4.88 Å². The summed E-state index contributed by atoms with van der Waals surface area (Å²) in [5.74, 6) is 2.24. The summed E-state index contributed by atoms with van der Waals surface area (Å²) in [4.78, 5) is 12.2. The third-order valence-corrected chi connectivity index (χ3v) is 5.46. The fraction of sp³-hybridized carbons (Fsp3) is 0.524. The van der Waals surface area contributed by atoms with Gasteiger partial charge >= 0.3 is 0 Å². The zero-order valence-corrected chi connectivity index (χ0v) is 18.9. The molecular weight excluding hydrogens is 386 g/mol. The minimum Gasteiger partial charge on any atom is -0.493 e. The summed E-state index contributed by atoms with van der Waals surface area (Å²) in [6, 6.07) is 6.00. The van der Waals surface area contributed by atoms with Crippen molar-refractivity contribution in [2.24, 2.45) is 4.99 Å². The molecular formula is C21H33N5O2S. The van der Waals surface area contributed by atoms with Gasteiger partial charge in [-0.25, -0.2) is 4.98 Å². The Hall–Kier alpha value is -2.32. The summed E-state index contributed by atoms with van der Waals surface area (Å²) in [5.41, 5.74) is 1.09. The van der Waals surface area contributed by atoms with Crippen LogP contribution >= 0.6 is 11.3 Å². The van der Waals surface area contributed by atoms with Crippen LogP contribution in [0.4, 0.5) is 0 Å². The minimum absolute atomic E-state index is 0.632. The van der Waals surface area contributed by atoms with E-state index in [1.807, 2.05) is 24.4 Å². The van der Waals surface area contributed by atoms with E-state index in [2.05, 4.69) is 46.3 Å². The molecule has 160 valence electrons. The number of likely N-dealkylation sites (N-methyl/N-ethyl adjacent to an activating group) is 1. The lowest BCUT2D eigenvalue weighted by molar-refractivity contribution is 0.217. The Bertz CT molecular complexity index is 774. The van der Waals surface area contributed by atoms with Crippen LogP contribution in [0.3, 0.4) is 0 Å². The molecule has 0 saturated carbocycles. The second-order valence-corrected chi connectivity index (χ2v) is 7.82. The Morgan fingerprint density at radius 1 is 1.17 bits per heavy atom. The number of hydrogen-bond donors (Lipinski definition) is 2. The number of methoxy groups -OCH3 is 1. The second-order valence-electron chi connectivity index (χ2n) is 6.50. The minimum atomic E-state index is 0.632. The highest BCUT2D eigenvalue weighted by molar-refractivity contribution is 7.11. The first-order valence-corrected chi connectivity index (χ1v) is 10.8. The van der Waals surface area contributed by atoms with Crippen molar-refractivity contribution < 1.29 is 9.47 Å². The van der Waals surface area contributed by atoms with Gasteiger partial charge in [0.05, 0.1) is 13.7 Å². The van der Waals surface area contributed by atoms with Gasteiger partial charge in [0.2, 0.25) is 0 Å². The van der Waals surface area contributed by atoms with Gasteiger partial charge in [0.25, 0.3) is 0 Å². The molecule has 0 amide bonds. The highest BCUT2D eigenvalue weighted by atomic mass is 32.1. The van der Waals surface area contributed by atoms with Crippen LogP contribution in [0.15, 0.2) is 29.4 Å². The van der Waals surface area contributed by atoms with E-state index in [0.29, 0.717) is 19.7 Å². The van der Waals surface area contributed by atoms with Crippen LogP contribution in [0.2, 0.25) is 0 Å². The van der Waals surface area contributed by atoms with Gasteiger partial charge < -0.3 is 25.0 Å². The summed E-state index contributed by atoms with van der Waals surface area (Å²) in [6.45, 7) is 11.3. The molecule has 29 heavy (non-hydrogen) atoms. The van der Waals surface area contributed by atoms with Crippen LogP contribution in [0.1, 0.15) is 29.3 Å². The molecule has 2 N–H and O–H groups in total. The van der Waals surface area contributed by atoms with Crippen molar-refractivity contribution in [2.45, 2.75) is 33.9 Å². The Morgan fingerprint density at radius 3 is 2.55 bits per heavy atom. The number of aryl methyl sites for hydroxylation is 1. The van der Waals surface area contributed by atoms with E-state index in [9.17, 15) is 0 Å². The molecule has 2 aromatic rings. The number of guanidine groups is 1. The number of aromatic nitrogens is 1. The lowest BCUT2D eigenvalue weighted by Crippen LogP contribution is -2.36. The molecule has 0 spiro atoms. The van der Waals surface area contributed by atoms with Crippen molar-refractivity contribution in [2.75, 3.05) is 40.4 Å². The van der Waals surface area contributed by atoms with E-state index >= 15 is 0 Å². The lowest BCUT2D eigenvalue weighted by atomic mass is 10.2. The molecule has 1 heterocycles. The van der Waals surface area contributed by atoms with Crippen molar-refractivity contribution >= 4 is 17.3 Å². The lowest BCUT2D eigenvalue weighted by Gasteiger charge is -2.19. The van der Waals surface area contributed by atoms with Crippen molar-refractivity contribution in [1.82, 2.24) is 20.5 Å². The topological polar surface area (TPSA) is 71.0 Å². The number of rotatable bonds is 11. The van der Waals surface area contributed by atoms with Gasteiger partial charge in [-0.15, -0.1) is 11.3 Å². The summed E-state index contributed by atoms with van der Waals surface area (Å²) in [6.07, 6.45) is 1.88. The van der Waals surface area contributed by atoms with Crippen molar-refractivity contribution in [3.8, 4) is 11.5 Å². The molecule has 2 rings (SSSR count). The number of aliphatic imine (C=N–C) groups is 1. The van der Waals surface area contributed by atoms with Gasteiger partial charge in [-0.3, -0.25) is 4.99 Å². The molecule has 0 bridgehead atoms. The number of thiazole rings is 1. The highest BCUT2D eigenvalue weighted by Crippen LogP contribution is 2.28. The molecule has 8 heteroatoms. The van der Waals surface area contributed by atoms with Gasteiger partial charge in [-0.05, 0) is 37.7 Å². The Balaban J connectivity index is 1.86. The molecule has 0 aliphatic carbocycles. The van der Waals surface area contributed by atoms with Gasteiger partial charge in [0.15, 0.2) is 17.5 Å². The summed E-state index contributed by atoms with van der Waals surface area (Å²) < 4.78 is 11.4. The Labute approximate surface area is 178 Å². The maximum Gasteiger partial charge on any atom is 0.191 e. The average molecular weight is 420 g/mol. The predicted molar refractivity (Wildman–Crippen MR) is 120 cm³/mol. The van der Waals surface area contributed by atoms with Gasteiger partial charge in [-0.2, -0.15) is 0 Å². The maximum absolute atomic E-state index is 5.92. The first kappa shape index (κ1) is 23.0. The van der Waals surface area contributed by atoms with E-state index in [-0.39, 0.29) is 0 Å². The number of hydrogen-bond acceptors (Lipinski definition) is 6. The highest BCUT2D eigenvalue weighted by Gasteiger charge is 2.08. The van der Waals surface area contributed by atoms with Crippen molar-refractivity contribution in [3.63, 3.8) is 0 Å². The summed E-state index contributed by atoms with van der Waals surface area (Å²) in [7, 11) is 3.43.